The van der Waals surface area contributed by atoms with Gasteiger partial charge >= 0.3 is 0 Å². The summed E-state index contributed by atoms with van der Waals surface area (Å²) in [5, 5.41) is 78.9. The van der Waals surface area contributed by atoms with E-state index < -0.39 is 80.5 Å². The molecule has 2 heterocycles. The zero-order valence-corrected chi connectivity index (χ0v) is 20.1. The number of aliphatic hydroxyl groups excluding tert-OH is 7. The standard InChI is InChI=1S/C22H33N3O12/c1-8(28)23-10-3-4-11(24-9(2)29)12(5-10)25-21-18(33)17(32)20(14(7-27)35-21)37-22-19(34)16(31)15(30)13(6-26)36-22/h3-5,13-22,25-27,30-34H,6-7H2,1-2H3,(H,23,28)(H,24,29)/t13-,14+,15+,16+,17-,18-,19-,20+,21+,22-/m0/s1. The zero-order chi connectivity index (χ0) is 27.4. The topological polar surface area (TPSA) is 240 Å². The van der Waals surface area contributed by atoms with Gasteiger partial charge in [-0.1, -0.05) is 0 Å². The SMILES string of the molecule is CC(=O)Nc1ccc(NC(C)=O)c(N[C@@H]2O[C@H](CO)[C@@H](O[C@@H]3O[C@@H](CO)[C@@H](O)[C@@H](O)[C@@H]3O)[C@@H](O)[C@@H]2O)c1. The van der Waals surface area contributed by atoms with Gasteiger partial charge in [-0.15, -0.1) is 0 Å². The summed E-state index contributed by atoms with van der Waals surface area (Å²) in [5.74, 6) is -0.752. The summed E-state index contributed by atoms with van der Waals surface area (Å²) in [6.07, 6.45) is -15.6. The van der Waals surface area contributed by atoms with Crippen molar-refractivity contribution in [3.8, 4) is 0 Å². The number of benzene rings is 1. The van der Waals surface area contributed by atoms with Crippen molar-refractivity contribution in [2.45, 2.75) is 75.2 Å². The van der Waals surface area contributed by atoms with Gasteiger partial charge in [0.15, 0.2) is 12.5 Å². The molecular formula is C22H33N3O12. The van der Waals surface area contributed by atoms with Crippen LogP contribution in [0.15, 0.2) is 18.2 Å². The third-order valence-electron chi connectivity index (χ3n) is 5.95. The van der Waals surface area contributed by atoms with Crippen LogP contribution in [0.5, 0.6) is 0 Å². The maximum absolute atomic E-state index is 11.6. The number of ether oxygens (including phenoxy) is 3. The summed E-state index contributed by atoms with van der Waals surface area (Å²) in [4.78, 5) is 23.1. The van der Waals surface area contributed by atoms with E-state index in [0.29, 0.717) is 5.69 Å². The number of carbonyl (C=O) groups excluding carboxylic acids is 2. The van der Waals surface area contributed by atoms with E-state index in [9.17, 15) is 45.3 Å². The minimum Gasteiger partial charge on any atom is -0.394 e. The molecule has 1 aromatic carbocycles. The second-order valence-electron chi connectivity index (χ2n) is 8.82. The molecule has 2 saturated heterocycles. The molecule has 10 N–H and O–H groups in total. The molecule has 0 saturated carbocycles. The molecule has 0 aromatic heterocycles. The number of carbonyl (C=O) groups is 2. The van der Waals surface area contributed by atoms with Gasteiger partial charge in [0, 0.05) is 19.5 Å². The second-order valence-corrected chi connectivity index (χ2v) is 8.82. The fraction of sp³-hybridized carbons (Fsp3) is 0.636. The van der Waals surface area contributed by atoms with E-state index >= 15 is 0 Å². The molecule has 2 aliphatic heterocycles. The van der Waals surface area contributed by atoms with Gasteiger partial charge in [0.2, 0.25) is 11.8 Å². The van der Waals surface area contributed by atoms with Crippen LogP contribution in [0, 0.1) is 0 Å². The van der Waals surface area contributed by atoms with E-state index in [1.165, 1.54) is 32.0 Å². The second kappa shape index (κ2) is 12.4. The van der Waals surface area contributed by atoms with Crippen molar-refractivity contribution in [1.29, 1.82) is 0 Å². The lowest BCUT2D eigenvalue weighted by Gasteiger charge is -2.46. The Balaban J connectivity index is 1.80. The summed E-state index contributed by atoms with van der Waals surface area (Å²) >= 11 is 0. The van der Waals surface area contributed by atoms with Gasteiger partial charge in [0.05, 0.1) is 24.6 Å². The number of hydrogen-bond acceptors (Lipinski definition) is 13. The third-order valence-corrected chi connectivity index (χ3v) is 5.95. The van der Waals surface area contributed by atoms with Gasteiger partial charge in [0.1, 0.15) is 48.8 Å². The summed E-state index contributed by atoms with van der Waals surface area (Å²) in [5.41, 5.74) is 0.840. The lowest BCUT2D eigenvalue weighted by atomic mass is 9.96. The minimum atomic E-state index is -1.78. The van der Waals surface area contributed by atoms with Crippen LogP contribution in [0.4, 0.5) is 17.1 Å². The molecule has 0 spiro atoms. The molecule has 0 unspecified atom stereocenters. The van der Waals surface area contributed by atoms with Crippen LogP contribution in [0.2, 0.25) is 0 Å². The fourth-order valence-electron chi connectivity index (χ4n) is 4.11. The molecule has 2 fully saturated rings. The highest BCUT2D eigenvalue weighted by Crippen LogP contribution is 2.32. The largest absolute Gasteiger partial charge is 0.394 e. The molecular weight excluding hydrogens is 498 g/mol. The Morgan fingerprint density at radius 2 is 1.46 bits per heavy atom. The number of anilines is 3. The lowest BCUT2D eigenvalue weighted by Crippen LogP contribution is -2.65. The number of nitrogens with one attached hydrogen (secondary N) is 3. The molecule has 15 heteroatoms. The van der Waals surface area contributed by atoms with E-state index in [0.717, 1.165) is 0 Å². The predicted molar refractivity (Wildman–Crippen MR) is 125 cm³/mol. The van der Waals surface area contributed by atoms with Gasteiger partial charge in [-0.3, -0.25) is 9.59 Å². The van der Waals surface area contributed by atoms with E-state index in [4.69, 9.17) is 14.2 Å². The molecule has 15 nitrogen and oxygen atoms in total. The van der Waals surface area contributed by atoms with E-state index in [2.05, 4.69) is 16.0 Å². The van der Waals surface area contributed by atoms with Crippen LogP contribution >= 0.6 is 0 Å². The van der Waals surface area contributed by atoms with Crippen LogP contribution in [0.3, 0.4) is 0 Å². The van der Waals surface area contributed by atoms with Crippen molar-refractivity contribution >= 4 is 28.9 Å². The first-order valence-corrected chi connectivity index (χ1v) is 11.5. The maximum atomic E-state index is 11.6. The van der Waals surface area contributed by atoms with Crippen LogP contribution in [-0.4, -0.2) is 122 Å². The first-order valence-electron chi connectivity index (χ1n) is 11.5. The van der Waals surface area contributed by atoms with Gasteiger partial charge < -0.3 is 65.9 Å². The van der Waals surface area contributed by atoms with Crippen molar-refractivity contribution in [1.82, 2.24) is 0 Å². The van der Waals surface area contributed by atoms with Crippen LogP contribution in [0.25, 0.3) is 0 Å². The molecule has 3 rings (SSSR count). The molecule has 0 radical (unpaired) electrons. The van der Waals surface area contributed by atoms with Crippen molar-refractivity contribution in [3.05, 3.63) is 18.2 Å². The Morgan fingerprint density at radius 3 is 2.05 bits per heavy atom. The molecule has 2 amide bonds. The van der Waals surface area contributed by atoms with Gasteiger partial charge in [-0.2, -0.15) is 0 Å². The molecule has 208 valence electrons. The van der Waals surface area contributed by atoms with Crippen molar-refractivity contribution in [2.75, 3.05) is 29.2 Å². The highest BCUT2D eigenvalue weighted by atomic mass is 16.7. The highest BCUT2D eigenvalue weighted by Gasteiger charge is 2.50. The zero-order valence-electron chi connectivity index (χ0n) is 20.1. The predicted octanol–water partition coefficient (Wildman–Crippen LogP) is -3.36. The molecule has 37 heavy (non-hydrogen) atoms. The Hall–Kier alpha value is -2.44. The quantitative estimate of drug-likeness (QED) is 0.158. The first kappa shape index (κ1) is 29.1. The minimum absolute atomic E-state index is 0.211. The van der Waals surface area contributed by atoms with Crippen LogP contribution in [-0.2, 0) is 23.8 Å². The monoisotopic (exact) mass is 531 g/mol. The van der Waals surface area contributed by atoms with Crippen LogP contribution in [0.1, 0.15) is 13.8 Å². The molecule has 2 aliphatic rings. The highest BCUT2D eigenvalue weighted by molar-refractivity contribution is 5.95. The third kappa shape index (κ3) is 6.71. The molecule has 0 bridgehead atoms. The Labute approximate surface area is 211 Å². The summed E-state index contributed by atoms with van der Waals surface area (Å²) in [6, 6.07) is 4.49. The smallest absolute Gasteiger partial charge is 0.221 e. The van der Waals surface area contributed by atoms with Crippen LogP contribution < -0.4 is 16.0 Å². The average molecular weight is 532 g/mol. The van der Waals surface area contributed by atoms with Gasteiger partial charge in [-0.25, -0.2) is 0 Å². The molecule has 1 aromatic rings. The Kier molecular flexibility index (Phi) is 9.76. The number of amides is 2. The molecule has 10 atom stereocenters. The van der Waals surface area contributed by atoms with Gasteiger partial charge in [0.25, 0.3) is 0 Å². The van der Waals surface area contributed by atoms with Gasteiger partial charge in [-0.05, 0) is 18.2 Å². The normalized spacial score (nSPS) is 36.0. The summed E-state index contributed by atoms with van der Waals surface area (Å²) < 4.78 is 16.5. The lowest BCUT2D eigenvalue weighted by molar-refractivity contribution is -0.340. The summed E-state index contributed by atoms with van der Waals surface area (Å²) in [6.45, 7) is 1.17. The van der Waals surface area contributed by atoms with E-state index in [-0.39, 0.29) is 17.3 Å². The van der Waals surface area contributed by atoms with E-state index in [1.54, 1.807) is 0 Å². The van der Waals surface area contributed by atoms with Crippen molar-refractivity contribution in [2.24, 2.45) is 0 Å². The Bertz CT molecular complexity index is 947. The number of rotatable bonds is 8. The van der Waals surface area contributed by atoms with Crippen molar-refractivity contribution < 1.29 is 59.5 Å². The fourth-order valence-corrected chi connectivity index (χ4v) is 4.11. The number of hydrogen-bond donors (Lipinski definition) is 10. The summed E-state index contributed by atoms with van der Waals surface area (Å²) in [7, 11) is 0. The molecule has 0 aliphatic carbocycles. The number of aliphatic hydroxyl groups is 7. The average Bonchev–Trinajstić information content (AvgIpc) is 2.84. The van der Waals surface area contributed by atoms with Crippen molar-refractivity contribution in [3.63, 3.8) is 0 Å². The van der Waals surface area contributed by atoms with E-state index in [1.807, 2.05) is 0 Å². The Morgan fingerprint density at radius 1 is 0.811 bits per heavy atom. The maximum Gasteiger partial charge on any atom is 0.221 e. The first-order chi connectivity index (χ1) is 17.5.